The zero-order chi connectivity index (χ0) is 28.0. The number of carbonyl (C=O) groups excluding carboxylic acids is 2. The van der Waals surface area contributed by atoms with Crippen molar-refractivity contribution in [2.45, 2.75) is 58.0 Å². The summed E-state index contributed by atoms with van der Waals surface area (Å²) in [7, 11) is 0. The van der Waals surface area contributed by atoms with E-state index in [1.54, 1.807) is 56.3 Å². The van der Waals surface area contributed by atoms with Crippen LogP contribution in [0.5, 0.6) is 5.75 Å². The van der Waals surface area contributed by atoms with Gasteiger partial charge >= 0.3 is 5.97 Å². The van der Waals surface area contributed by atoms with Gasteiger partial charge in [-0.2, -0.15) is 0 Å². The van der Waals surface area contributed by atoms with E-state index in [1.165, 1.54) is 4.90 Å². The molecule has 38 heavy (non-hydrogen) atoms. The van der Waals surface area contributed by atoms with Gasteiger partial charge in [-0.1, -0.05) is 55.2 Å². The van der Waals surface area contributed by atoms with Gasteiger partial charge in [0.15, 0.2) is 0 Å². The summed E-state index contributed by atoms with van der Waals surface area (Å²) in [5.74, 6) is -1.96. The van der Waals surface area contributed by atoms with Crippen LogP contribution in [0.15, 0.2) is 42.5 Å². The molecule has 0 aliphatic carbocycles. The molecule has 0 unspecified atom stereocenters. The first-order valence-electron chi connectivity index (χ1n) is 12.4. The van der Waals surface area contributed by atoms with E-state index in [1.807, 2.05) is 0 Å². The highest BCUT2D eigenvalue weighted by atomic mass is 35.5. The SMILES string of the molecule is CCC(CC)(C(=O)N[C@@H](Cc1ccc(OCc2c(Cl)cccc2Cl)cc1)C(=O)O)C(=O)N1C[C@H](O)[C@@H](O)C1. The van der Waals surface area contributed by atoms with E-state index in [9.17, 15) is 29.7 Å². The van der Waals surface area contributed by atoms with E-state index in [2.05, 4.69) is 5.32 Å². The minimum Gasteiger partial charge on any atom is -0.489 e. The highest BCUT2D eigenvalue weighted by Gasteiger charge is 2.48. The Bertz CT molecular complexity index is 1120. The molecule has 1 saturated heterocycles. The Morgan fingerprint density at radius 1 is 1.03 bits per heavy atom. The number of carboxylic acid groups (broad SMARTS) is 1. The van der Waals surface area contributed by atoms with Crippen LogP contribution in [-0.2, 0) is 27.4 Å². The quantitative estimate of drug-likeness (QED) is 0.307. The molecular formula is C27H32Cl2N2O7. The van der Waals surface area contributed by atoms with E-state index < -0.39 is 41.4 Å². The number of β-amino-alcohol motifs (C(OH)–C–C–N with tert-alkyl or cyclic N) is 2. The molecule has 11 heteroatoms. The predicted octanol–water partition coefficient (Wildman–Crippen LogP) is 3.05. The molecule has 2 aromatic rings. The van der Waals surface area contributed by atoms with Crippen LogP contribution < -0.4 is 10.1 Å². The van der Waals surface area contributed by atoms with Crippen molar-refractivity contribution >= 4 is 41.0 Å². The molecular weight excluding hydrogens is 535 g/mol. The van der Waals surface area contributed by atoms with Crippen LogP contribution in [0.3, 0.4) is 0 Å². The summed E-state index contributed by atoms with van der Waals surface area (Å²) >= 11 is 12.3. The van der Waals surface area contributed by atoms with Gasteiger partial charge in [-0.25, -0.2) is 4.79 Å². The Morgan fingerprint density at radius 2 is 1.58 bits per heavy atom. The number of hydrogen-bond acceptors (Lipinski definition) is 6. The number of carboxylic acids is 1. The smallest absolute Gasteiger partial charge is 0.326 e. The molecule has 3 rings (SSSR count). The first-order chi connectivity index (χ1) is 18.0. The second-order valence-electron chi connectivity index (χ2n) is 9.34. The van der Waals surface area contributed by atoms with Crippen LogP contribution >= 0.6 is 23.2 Å². The predicted molar refractivity (Wildman–Crippen MR) is 142 cm³/mol. The van der Waals surface area contributed by atoms with Crippen LogP contribution in [0.2, 0.25) is 10.0 Å². The maximum atomic E-state index is 13.3. The lowest BCUT2D eigenvalue weighted by atomic mass is 9.79. The number of hydrogen-bond donors (Lipinski definition) is 4. The van der Waals surface area contributed by atoms with Gasteiger partial charge in [0.25, 0.3) is 0 Å². The van der Waals surface area contributed by atoms with Crippen molar-refractivity contribution in [3.63, 3.8) is 0 Å². The molecule has 1 fully saturated rings. The minimum atomic E-state index is -1.52. The van der Waals surface area contributed by atoms with Crippen LogP contribution in [0.4, 0.5) is 0 Å². The third-order valence-electron chi connectivity index (χ3n) is 7.01. The zero-order valence-corrected chi connectivity index (χ0v) is 22.7. The van der Waals surface area contributed by atoms with Gasteiger partial charge in [0.2, 0.25) is 11.8 Å². The molecule has 3 atom stereocenters. The number of amides is 2. The van der Waals surface area contributed by atoms with Crippen molar-refractivity contribution in [3.05, 3.63) is 63.6 Å². The van der Waals surface area contributed by atoms with Gasteiger partial charge in [-0.3, -0.25) is 9.59 Å². The molecule has 2 aromatic carbocycles. The Labute approximate surface area is 231 Å². The largest absolute Gasteiger partial charge is 0.489 e. The average Bonchev–Trinajstić information content (AvgIpc) is 3.23. The Kier molecular flexibility index (Phi) is 10.0. The summed E-state index contributed by atoms with van der Waals surface area (Å²) in [5.41, 5.74) is -0.234. The van der Waals surface area contributed by atoms with Gasteiger partial charge in [0.1, 0.15) is 23.8 Å². The Hall–Kier alpha value is -2.85. The molecule has 0 spiro atoms. The van der Waals surface area contributed by atoms with Crippen LogP contribution in [0.25, 0.3) is 0 Å². The van der Waals surface area contributed by atoms with Crippen molar-refractivity contribution in [1.82, 2.24) is 10.2 Å². The van der Waals surface area contributed by atoms with Gasteiger partial charge in [0.05, 0.1) is 12.2 Å². The lowest BCUT2D eigenvalue weighted by molar-refractivity contribution is -0.154. The van der Waals surface area contributed by atoms with E-state index in [0.717, 1.165) is 0 Å². The lowest BCUT2D eigenvalue weighted by Gasteiger charge is -2.34. The molecule has 2 amide bonds. The molecule has 1 heterocycles. The first-order valence-corrected chi connectivity index (χ1v) is 13.1. The number of benzene rings is 2. The topological polar surface area (TPSA) is 136 Å². The Morgan fingerprint density at radius 3 is 2.08 bits per heavy atom. The van der Waals surface area contributed by atoms with E-state index >= 15 is 0 Å². The number of likely N-dealkylation sites (tertiary alicyclic amines) is 1. The van der Waals surface area contributed by atoms with E-state index in [4.69, 9.17) is 27.9 Å². The number of nitrogens with zero attached hydrogens (tertiary/aromatic N) is 1. The Balaban J connectivity index is 1.68. The van der Waals surface area contributed by atoms with Crippen molar-refractivity contribution in [2.75, 3.05) is 13.1 Å². The third kappa shape index (κ3) is 6.58. The fourth-order valence-electron chi connectivity index (χ4n) is 4.49. The molecule has 0 aromatic heterocycles. The maximum absolute atomic E-state index is 13.3. The molecule has 0 radical (unpaired) electrons. The summed E-state index contributed by atoms with van der Waals surface area (Å²) in [6.45, 7) is 3.33. The third-order valence-corrected chi connectivity index (χ3v) is 7.72. The fourth-order valence-corrected chi connectivity index (χ4v) is 4.99. The van der Waals surface area contributed by atoms with E-state index in [0.29, 0.717) is 26.9 Å². The molecule has 1 aliphatic heterocycles. The van der Waals surface area contributed by atoms with Gasteiger partial charge < -0.3 is 30.3 Å². The number of halogens is 2. The molecule has 1 aliphatic rings. The molecule has 0 bridgehead atoms. The van der Waals surface area contributed by atoms with Crippen molar-refractivity contribution in [3.8, 4) is 5.75 Å². The number of aliphatic hydroxyl groups is 2. The van der Waals surface area contributed by atoms with Crippen LogP contribution in [-0.4, -0.2) is 69.3 Å². The van der Waals surface area contributed by atoms with Gasteiger partial charge in [-0.05, 0) is 42.7 Å². The molecule has 9 nitrogen and oxygen atoms in total. The summed E-state index contributed by atoms with van der Waals surface area (Å²) < 4.78 is 5.76. The van der Waals surface area contributed by atoms with Crippen molar-refractivity contribution in [1.29, 1.82) is 0 Å². The zero-order valence-electron chi connectivity index (χ0n) is 21.2. The molecule has 0 saturated carbocycles. The van der Waals surface area contributed by atoms with Gasteiger partial charge in [0, 0.05) is 35.1 Å². The number of carbonyl (C=O) groups is 3. The second kappa shape index (κ2) is 12.8. The molecule has 4 N–H and O–H groups in total. The molecule has 206 valence electrons. The number of aliphatic hydroxyl groups excluding tert-OH is 2. The number of nitrogens with one attached hydrogen (secondary N) is 1. The lowest BCUT2D eigenvalue weighted by Crippen LogP contribution is -2.55. The highest BCUT2D eigenvalue weighted by Crippen LogP contribution is 2.32. The normalized spacial score (nSPS) is 18.2. The monoisotopic (exact) mass is 566 g/mol. The summed E-state index contributed by atoms with van der Waals surface area (Å²) in [5, 5.41) is 33.0. The fraction of sp³-hybridized carbons (Fsp3) is 0.444. The van der Waals surface area contributed by atoms with Gasteiger partial charge in [-0.15, -0.1) is 0 Å². The van der Waals surface area contributed by atoms with Crippen LogP contribution in [0.1, 0.15) is 37.8 Å². The minimum absolute atomic E-state index is 0.0173. The summed E-state index contributed by atoms with van der Waals surface area (Å²) in [6.07, 6.45) is -1.94. The second-order valence-corrected chi connectivity index (χ2v) is 10.1. The number of aliphatic carboxylic acids is 1. The van der Waals surface area contributed by atoms with Crippen LogP contribution in [0, 0.1) is 5.41 Å². The summed E-state index contributed by atoms with van der Waals surface area (Å²) in [6, 6.07) is 10.6. The number of ether oxygens (including phenoxy) is 1. The highest BCUT2D eigenvalue weighted by molar-refractivity contribution is 6.35. The maximum Gasteiger partial charge on any atom is 0.326 e. The van der Waals surface area contributed by atoms with Crippen molar-refractivity contribution < 1.29 is 34.4 Å². The number of rotatable bonds is 11. The first kappa shape index (κ1) is 29.7. The van der Waals surface area contributed by atoms with Crippen molar-refractivity contribution in [2.24, 2.45) is 5.41 Å². The summed E-state index contributed by atoms with van der Waals surface area (Å²) in [4.78, 5) is 39.9. The average molecular weight is 567 g/mol. The van der Waals surface area contributed by atoms with E-state index in [-0.39, 0.29) is 39.0 Å². The standard InChI is InChI=1S/C27H32Cl2N2O7/c1-3-27(4-2,26(37)31-13-22(32)23(33)14-31)25(36)30-21(24(34)35)12-16-8-10-17(11-9-16)38-15-18-19(28)6-5-7-20(18)29/h5-11,21-23,32-33H,3-4,12-15H2,1-2H3,(H,30,36)(H,34,35)/t21-,22-,23-/m0/s1.